The molecular formula is C14H32. The summed E-state index contributed by atoms with van der Waals surface area (Å²) in [7, 11) is 0. The second-order valence-corrected chi connectivity index (χ2v) is 1.77. The van der Waals surface area contributed by atoms with Crippen molar-refractivity contribution >= 4 is 0 Å². The lowest BCUT2D eigenvalue weighted by molar-refractivity contribution is 0.978. The normalized spacial score (nSPS) is 6.00. The molecule has 0 aliphatic carbocycles. The first-order valence-electron chi connectivity index (χ1n) is 6.15. The average molecular weight is 200 g/mol. The van der Waals surface area contributed by atoms with Gasteiger partial charge in [0, 0.05) is 0 Å². The van der Waals surface area contributed by atoms with Crippen molar-refractivity contribution in [1.29, 1.82) is 0 Å². The molecule has 0 heterocycles. The largest absolute Gasteiger partial charge is 0.0991 e. The summed E-state index contributed by atoms with van der Waals surface area (Å²) in [6.07, 6.45) is 6.24. The Labute approximate surface area is 93.1 Å². The van der Waals surface area contributed by atoms with Crippen molar-refractivity contribution in [2.24, 2.45) is 0 Å². The fourth-order valence-electron chi connectivity index (χ4n) is 0.652. The van der Waals surface area contributed by atoms with Gasteiger partial charge in [0.05, 0.1) is 0 Å². The van der Waals surface area contributed by atoms with Crippen LogP contribution in [-0.4, -0.2) is 0 Å². The van der Waals surface area contributed by atoms with Crippen molar-refractivity contribution in [2.45, 2.75) is 68.2 Å². The highest BCUT2D eigenvalue weighted by Gasteiger charge is 1.83. The Morgan fingerprint density at radius 1 is 0.857 bits per heavy atom. The van der Waals surface area contributed by atoms with Crippen LogP contribution < -0.4 is 0 Å². The minimum absolute atomic E-state index is 1.16. The van der Waals surface area contributed by atoms with Gasteiger partial charge in [-0.05, 0) is 12.8 Å². The Kier molecular flexibility index (Phi) is 65.4. The van der Waals surface area contributed by atoms with Crippen molar-refractivity contribution < 1.29 is 0 Å². The van der Waals surface area contributed by atoms with Gasteiger partial charge >= 0.3 is 0 Å². The molecule has 0 heteroatoms. The summed E-state index contributed by atoms with van der Waals surface area (Å²) >= 11 is 0. The van der Waals surface area contributed by atoms with Crippen molar-refractivity contribution in [3.05, 3.63) is 24.3 Å². The lowest BCUT2D eigenvalue weighted by Crippen LogP contribution is -1.73. The quantitative estimate of drug-likeness (QED) is 0.490. The minimum Gasteiger partial charge on any atom is -0.0991 e. The molecule has 88 valence electrons. The molecule has 0 aromatic heterocycles. The molecule has 0 aliphatic heterocycles. The zero-order chi connectivity index (χ0) is 12.4. The van der Waals surface area contributed by atoms with E-state index in [-0.39, 0.29) is 0 Å². The first kappa shape index (κ1) is 23.4. The lowest BCUT2D eigenvalue weighted by atomic mass is 10.1. The predicted molar refractivity (Wildman–Crippen MR) is 72.9 cm³/mol. The molecular weight excluding hydrogens is 168 g/mol. The van der Waals surface area contributed by atoms with Gasteiger partial charge in [0.1, 0.15) is 0 Å². The molecule has 14 heavy (non-hydrogen) atoms. The number of hydrogen-bond acceptors (Lipinski definition) is 0. The topological polar surface area (TPSA) is 0 Å². The molecule has 0 radical (unpaired) electrons. The molecule has 0 spiro atoms. The maximum absolute atomic E-state index is 3.62. The molecule has 0 fully saturated rings. The van der Waals surface area contributed by atoms with Crippen LogP contribution in [0.2, 0.25) is 0 Å². The van der Waals surface area contributed by atoms with Gasteiger partial charge in [-0.15, -0.1) is 0 Å². The Balaban J connectivity index is -0.0000000708. The molecule has 0 saturated carbocycles. The van der Waals surface area contributed by atoms with Crippen LogP contribution in [-0.2, 0) is 0 Å². The van der Waals surface area contributed by atoms with Crippen molar-refractivity contribution in [3.63, 3.8) is 0 Å². The monoisotopic (exact) mass is 200 g/mol. The van der Waals surface area contributed by atoms with E-state index in [2.05, 4.69) is 26.5 Å². The Morgan fingerprint density at radius 2 is 1.14 bits per heavy atom. The maximum atomic E-state index is 3.62. The van der Waals surface area contributed by atoms with Crippen molar-refractivity contribution in [2.75, 3.05) is 0 Å². The standard InChI is InChI=1S/C8H14.3C2H6/c1-4-7-8(5-2)6-3;3*1-2/h4,7H,1,5-6H2,2-3H3;3*1-2H3. The van der Waals surface area contributed by atoms with Gasteiger partial charge in [0.15, 0.2) is 0 Å². The molecule has 0 aromatic carbocycles. The van der Waals surface area contributed by atoms with E-state index >= 15 is 0 Å². The van der Waals surface area contributed by atoms with Crippen LogP contribution in [0, 0.1) is 0 Å². The Hall–Kier alpha value is -0.520. The highest BCUT2D eigenvalue weighted by Crippen LogP contribution is 2.03. The number of hydrogen-bond donors (Lipinski definition) is 0. The third kappa shape index (κ3) is 30.0. The SMILES string of the molecule is C=CC=C(CC)CC.CC.CC.CC. The van der Waals surface area contributed by atoms with Gasteiger partial charge in [-0.2, -0.15) is 0 Å². The summed E-state index contributed by atoms with van der Waals surface area (Å²) in [6, 6.07) is 0. The van der Waals surface area contributed by atoms with E-state index < -0.39 is 0 Å². The smallest absolute Gasteiger partial charge is 0.0346 e. The fraction of sp³-hybridized carbons (Fsp3) is 0.714. The molecule has 0 nitrogen and oxygen atoms in total. The third-order valence-electron chi connectivity index (χ3n) is 1.26. The summed E-state index contributed by atoms with van der Waals surface area (Å²) in [6.45, 7) is 20.0. The van der Waals surface area contributed by atoms with Crippen LogP contribution in [0.3, 0.4) is 0 Å². The highest BCUT2D eigenvalue weighted by molar-refractivity contribution is 5.08. The maximum Gasteiger partial charge on any atom is -0.0346 e. The second-order valence-electron chi connectivity index (χ2n) is 1.77. The molecule has 0 unspecified atom stereocenters. The first-order valence-corrected chi connectivity index (χ1v) is 6.15. The molecule has 0 rings (SSSR count). The van der Waals surface area contributed by atoms with Crippen molar-refractivity contribution in [3.8, 4) is 0 Å². The third-order valence-corrected chi connectivity index (χ3v) is 1.26. The van der Waals surface area contributed by atoms with E-state index in [1.807, 2.05) is 47.6 Å². The summed E-state index contributed by atoms with van der Waals surface area (Å²) in [5.74, 6) is 0. The van der Waals surface area contributed by atoms with E-state index in [4.69, 9.17) is 0 Å². The van der Waals surface area contributed by atoms with E-state index in [0.717, 1.165) is 12.8 Å². The van der Waals surface area contributed by atoms with Gasteiger partial charge in [-0.25, -0.2) is 0 Å². The Bertz CT molecular complexity index is 82.2. The zero-order valence-corrected chi connectivity index (χ0v) is 11.8. The molecule has 0 amide bonds. The van der Waals surface area contributed by atoms with Gasteiger partial charge in [0.2, 0.25) is 0 Å². The van der Waals surface area contributed by atoms with Crippen molar-refractivity contribution in [1.82, 2.24) is 0 Å². The van der Waals surface area contributed by atoms with Crippen LogP contribution in [0.1, 0.15) is 68.2 Å². The summed E-state index contributed by atoms with van der Waals surface area (Å²) in [5.41, 5.74) is 1.47. The first-order chi connectivity index (χ1) is 6.85. The van der Waals surface area contributed by atoms with Gasteiger partial charge in [-0.1, -0.05) is 79.7 Å². The fourth-order valence-corrected chi connectivity index (χ4v) is 0.652. The summed E-state index contributed by atoms with van der Waals surface area (Å²) in [5, 5.41) is 0. The average Bonchev–Trinajstić information content (AvgIpc) is 2.33. The second kappa shape index (κ2) is 39.2. The van der Waals surface area contributed by atoms with E-state index in [9.17, 15) is 0 Å². The van der Waals surface area contributed by atoms with E-state index in [0.29, 0.717) is 0 Å². The molecule has 0 aliphatic rings. The molecule has 0 atom stereocenters. The van der Waals surface area contributed by atoms with Crippen LogP contribution in [0.15, 0.2) is 24.3 Å². The van der Waals surface area contributed by atoms with Crippen LogP contribution >= 0.6 is 0 Å². The van der Waals surface area contributed by atoms with E-state index in [1.54, 1.807) is 0 Å². The number of allylic oxidation sites excluding steroid dienone is 3. The van der Waals surface area contributed by atoms with Crippen LogP contribution in [0.5, 0.6) is 0 Å². The molecule has 0 saturated heterocycles. The van der Waals surface area contributed by atoms with Gasteiger partial charge < -0.3 is 0 Å². The lowest BCUT2D eigenvalue weighted by Gasteiger charge is -1.93. The minimum atomic E-state index is 1.16. The molecule has 0 aromatic rings. The highest BCUT2D eigenvalue weighted by atomic mass is 13.9. The molecule has 0 N–H and O–H groups in total. The Morgan fingerprint density at radius 3 is 1.21 bits per heavy atom. The summed E-state index contributed by atoms with van der Waals surface area (Å²) < 4.78 is 0. The van der Waals surface area contributed by atoms with Crippen LogP contribution in [0.4, 0.5) is 0 Å². The van der Waals surface area contributed by atoms with Gasteiger partial charge in [0.25, 0.3) is 0 Å². The summed E-state index contributed by atoms with van der Waals surface area (Å²) in [4.78, 5) is 0. The zero-order valence-electron chi connectivity index (χ0n) is 11.8. The molecule has 0 bridgehead atoms. The predicted octanol–water partition coefficient (Wildman–Crippen LogP) is 6.00. The van der Waals surface area contributed by atoms with Crippen LogP contribution in [0.25, 0.3) is 0 Å². The van der Waals surface area contributed by atoms with Gasteiger partial charge in [-0.3, -0.25) is 0 Å². The number of rotatable bonds is 3. The van der Waals surface area contributed by atoms with E-state index in [1.165, 1.54) is 5.57 Å².